The molecule has 0 unspecified atom stereocenters. The lowest BCUT2D eigenvalue weighted by Crippen LogP contribution is -2.09. The van der Waals surface area contributed by atoms with Crippen LogP contribution in [0.2, 0.25) is 0 Å². The third-order valence-corrected chi connectivity index (χ3v) is 4.42. The predicted molar refractivity (Wildman–Crippen MR) is 109 cm³/mol. The van der Waals surface area contributed by atoms with Gasteiger partial charge in [-0.05, 0) is 41.6 Å². The van der Waals surface area contributed by atoms with E-state index in [1.54, 1.807) is 6.92 Å². The maximum Gasteiger partial charge on any atom is 0.0629 e. The molecule has 0 aliphatic heterocycles. The largest absolute Gasteiger partial charge is 0.344 e. The molecule has 0 radical (unpaired) electrons. The molecule has 122 valence electrons. The van der Waals surface area contributed by atoms with E-state index >= 15 is 0 Å². The summed E-state index contributed by atoms with van der Waals surface area (Å²) in [5.41, 5.74) is 3.46. The Bertz CT molecular complexity index is 1180. The molecule has 0 bridgehead atoms. The predicted octanol–water partition coefficient (Wildman–Crippen LogP) is 6.58. The molecule has 4 rings (SSSR count). The molecule has 0 fully saturated rings. The van der Waals surface area contributed by atoms with Crippen molar-refractivity contribution in [3.8, 4) is 11.1 Å². The molecule has 0 spiro atoms. The monoisotopic (exact) mass is 327 g/mol. The first-order valence-electron chi connectivity index (χ1n) is 10.3. The topological polar surface area (TPSA) is 3.24 Å². The first-order chi connectivity index (χ1) is 13.9. The Labute approximate surface area is 154 Å². The zero-order chi connectivity index (χ0) is 20.7. The Kier molecular flexibility index (Phi) is 2.96. The van der Waals surface area contributed by atoms with Crippen LogP contribution in [0.5, 0.6) is 0 Å². The standard InChI is InChI=1S/C24H21N/c1-18-10-12-19(13-11-18)20-14-16-22(17-15-20)25(2)24-9-5-7-21-6-3-4-8-23(21)24/h3-17H,1-2H3/i10D,11D,12D,13D. The number of fused-ring (bicyclic) bond motifs is 1. The van der Waals surface area contributed by atoms with Gasteiger partial charge in [0, 0.05) is 23.8 Å². The van der Waals surface area contributed by atoms with Gasteiger partial charge in [-0.1, -0.05) is 78.3 Å². The third kappa shape index (κ3) is 3.01. The molecule has 1 heteroatoms. The molecule has 1 nitrogen and oxygen atoms in total. The Morgan fingerprint density at radius 1 is 0.720 bits per heavy atom. The summed E-state index contributed by atoms with van der Waals surface area (Å²) in [7, 11) is 2.01. The number of hydrogen-bond acceptors (Lipinski definition) is 1. The van der Waals surface area contributed by atoms with Crippen molar-refractivity contribution in [2.24, 2.45) is 0 Å². The quantitative estimate of drug-likeness (QED) is 0.410. The molecule has 0 N–H and O–H groups in total. The molecule has 0 aromatic heterocycles. The van der Waals surface area contributed by atoms with E-state index in [1.165, 1.54) is 10.8 Å². The lowest BCUT2D eigenvalue weighted by molar-refractivity contribution is 1.22. The lowest BCUT2D eigenvalue weighted by Gasteiger charge is -2.22. The highest BCUT2D eigenvalue weighted by Crippen LogP contribution is 2.32. The second-order valence-corrected chi connectivity index (χ2v) is 6.10. The van der Waals surface area contributed by atoms with Gasteiger partial charge in [-0.3, -0.25) is 0 Å². The van der Waals surface area contributed by atoms with Crippen molar-refractivity contribution < 1.29 is 5.48 Å². The van der Waals surface area contributed by atoms with Crippen LogP contribution in [-0.2, 0) is 0 Å². The van der Waals surface area contributed by atoms with Gasteiger partial charge >= 0.3 is 0 Å². The number of benzene rings is 4. The van der Waals surface area contributed by atoms with Crippen LogP contribution in [0.4, 0.5) is 11.4 Å². The second kappa shape index (κ2) is 6.45. The number of rotatable bonds is 3. The van der Waals surface area contributed by atoms with E-state index in [0.29, 0.717) is 16.7 Å². The molecule has 0 aliphatic carbocycles. The zero-order valence-corrected chi connectivity index (χ0v) is 14.3. The van der Waals surface area contributed by atoms with Crippen LogP contribution in [-0.4, -0.2) is 7.05 Å². The van der Waals surface area contributed by atoms with E-state index < -0.39 is 0 Å². The average molecular weight is 327 g/mol. The van der Waals surface area contributed by atoms with Gasteiger partial charge in [0.15, 0.2) is 0 Å². The van der Waals surface area contributed by atoms with E-state index in [9.17, 15) is 0 Å². The van der Waals surface area contributed by atoms with Gasteiger partial charge in [0.05, 0.1) is 5.48 Å². The summed E-state index contributed by atoms with van der Waals surface area (Å²) in [4.78, 5) is 2.11. The van der Waals surface area contributed by atoms with Crippen LogP contribution < -0.4 is 4.90 Å². The highest BCUT2D eigenvalue weighted by Gasteiger charge is 2.08. The summed E-state index contributed by atoms with van der Waals surface area (Å²) in [6, 6.07) is 22.1. The first-order valence-corrected chi connectivity index (χ1v) is 8.29. The van der Waals surface area contributed by atoms with Gasteiger partial charge in [0.2, 0.25) is 0 Å². The Morgan fingerprint density at radius 3 is 2.16 bits per heavy atom. The molecular weight excluding hydrogens is 302 g/mol. The Morgan fingerprint density at radius 2 is 1.40 bits per heavy atom. The minimum Gasteiger partial charge on any atom is -0.344 e. The molecule has 4 aromatic carbocycles. The van der Waals surface area contributed by atoms with E-state index in [-0.39, 0.29) is 24.2 Å². The van der Waals surface area contributed by atoms with Crippen molar-refractivity contribution >= 4 is 22.1 Å². The third-order valence-electron chi connectivity index (χ3n) is 4.42. The molecule has 0 heterocycles. The summed E-state index contributed by atoms with van der Waals surface area (Å²) in [5, 5.41) is 2.34. The Hall–Kier alpha value is -3.06. The molecule has 4 aromatic rings. The molecule has 0 saturated carbocycles. The number of anilines is 2. The zero-order valence-electron chi connectivity index (χ0n) is 18.3. The summed E-state index contributed by atoms with van der Waals surface area (Å²) < 4.78 is 32.7. The highest BCUT2D eigenvalue weighted by molar-refractivity contribution is 5.96. The average Bonchev–Trinajstić information content (AvgIpc) is 2.76. The second-order valence-electron chi connectivity index (χ2n) is 6.10. The van der Waals surface area contributed by atoms with Gasteiger partial charge < -0.3 is 4.90 Å². The molecule has 0 aliphatic rings. The summed E-state index contributed by atoms with van der Waals surface area (Å²) in [6.07, 6.45) is 0. The van der Waals surface area contributed by atoms with E-state index in [4.69, 9.17) is 5.48 Å². The fourth-order valence-electron chi connectivity index (χ4n) is 3.01. The lowest BCUT2D eigenvalue weighted by atomic mass is 10.0. The van der Waals surface area contributed by atoms with E-state index in [0.717, 1.165) is 11.4 Å². The van der Waals surface area contributed by atoms with Gasteiger partial charge in [-0.15, -0.1) is 0 Å². The minimum absolute atomic E-state index is 0.00124. The van der Waals surface area contributed by atoms with Crippen molar-refractivity contribution in [2.75, 3.05) is 11.9 Å². The first kappa shape index (κ1) is 11.5. The van der Waals surface area contributed by atoms with E-state index in [1.807, 2.05) is 49.5 Å². The van der Waals surface area contributed by atoms with Gasteiger partial charge in [-0.25, -0.2) is 0 Å². The number of nitrogens with zero attached hydrogens (tertiary/aromatic N) is 1. The smallest absolute Gasteiger partial charge is 0.0629 e. The molecule has 0 amide bonds. The molecule has 0 atom stereocenters. The number of hydrogen-bond donors (Lipinski definition) is 0. The maximum absolute atomic E-state index is 8.27. The summed E-state index contributed by atoms with van der Waals surface area (Å²) in [5.74, 6) is 0. The molecule has 0 saturated heterocycles. The van der Waals surface area contributed by atoms with Crippen molar-refractivity contribution in [3.63, 3.8) is 0 Å². The van der Waals surface area contributed by atoms with Gasteiger partial charge in [-0.2, -0.15) is 0 Å². The fourth-order valence-corrected chi connectivity index (χ4v) is 3.01. The van der Waals surface area contributed by atoms with Crippen molar-refractivity contribution in [1.29, 1.82) is 0 Å². The van der Waals surface area contributed by atoms with Gasteiger partial charge in [0.25, 0.3) is 0 Å². The Balaban J connectivity index is 1.76. The summed E-state index contributed by atoms with van der Waals surface area (Å²) >= 11 is 0. The van der Waals surface area contributed by atoms with Crippen LogP contribution in [0.25, 0.3) is 21.9 Å². The normalized spacial score (nSPS) is 13.0. The van der Waals surface area contributed by atoms with Crippen molar-refractivity contribution in [2.45, 2.75) is 6.92 Å². The van der Waals surface area contributed by atoms with Crippen molar-refractivity contribution in [1.82, 2.24) is 0 Å². The van der Waals surface area contributed by atoms with Crippen LogP contribution in [0, 0.1) is 6.92 Å². The van der Waals surface area contributed by atoms with Crippen molar-refractivity contribution in [3.05, 3.63) is 96.5 Å². The SMILES string of the molecule is [2H]c1c([2H])c(-c2ccc(N(C)c3cccc4ccccc34)cc2)c([2H])c([2H])c1C. The van der Waals surface area contributed by atoms with E-state index in [2.05, 4.69) is 29.2 Å². The highest BCUT2D eigenvalue weighted by atomic mass is 15.1. The molecule has 25 heavy (non-hydrogen) atoms. The van der Waals surface area contributed by atoms with Crippen LogP contribution in [0.1, 0.15) is 11.0 Å². The van der Waals surface area contributed by atoms with Crippen LogP contribution in [0.15, 0.2) is 90.9 Å². The fraction of sp³-hybridized carbons (Fsp3) is 0.0833. The molecular formula is C24H21N. The maximum atomic E-state index is 8.27. The van der Waals surface area contributed by atoms with Crippen LogP contribution in [0.3, 0.4) is 0 Å². The summed E-state index contributed by atoms with van der Waals surface area (Å²) in [6.45, 7) is 1.62. The van der Waals surface area contributed by atoms with Gasteiger partial charge in [0.1, 0.15) is 0 Å². The van der Waals surface area contributed by atoms with Crippen LogP contribution >= 0.6 is 0 Å². The minimum atomic E-state index is -0.00124.